The Kier molecular flexibility index (Phi) is 7.31. The number of benzene rings is 1. The van der Waals surface area contributed by atoms with Crippen LogP contribution in [0.5, 0.6) is 0 Å². The summed E-state index contributed by atoms with van der Waals surface area (Å²) in [5, 5.41) is 37.2. The van der Waals surface area contributed by atoms with E-state index in [0.717, 1.165) is 11.1 Å². The van der Waals surface area contributed by atoms with Gasteiger partial charge in [-0.2, -0.15) is 11.8 Å². The zero-order chi connectivity index (χ0) is 13.4. The van der Waals surface area contributed by atoms with E-state index in [0.29, 0.717) is 11.5 Å². The van der Waals surface area contributed by atoms with E-state index in [1.54, 1.807) is 24.3 Å². The monoisotopic (exact) mass is 272 g/mol. The van der Waals surface area contributed by atoms with Gasteiger partial charge in [-0.25, -0.2) is 0 Å². The maximum atomic E-state index is 9.93. The van der Waals surface area contributed by atoms with Crippen LogP contribution in [0.4, 0.5) is 0 Å². The van der Waals surface area contributed by atoms with Crippen molar-refractivity contribution in [2.45, 2.75) is 25.2 Å². The molecule has 0 aliphatic rings. The van der Waals surface area contributed by atoms with Gasteiger partial charge in [0.05, 0.1) is 25.4 Å². The third kappa shape index (κ3) is 5.37. The Morgan fingerprint density at radius 3 is 2.28 bits per heavy atom. The molecule has 0 heterocycles. The van der Waals surface area contributed by atoms with Crippen molar-refractivity contribution >= 4 is 11.8 Å². The van der Waals surface area contributed by atoms with Crippen LogP contribution in [-0.4, -0.2) is 44.6 Å². The van der Waals surface area contributed by atoms with E-state index in [4.69, 9.17) is 10.2 Å². The number of thioether (sulfide) groups is 1. The summed E-state index contributed by atoms with van der Waals surface area (Å²) in [5.41, 5.74) is 1.53. The topological polar surface area (TPSA) is 80.9 Å². The summed E-state index contributed by atoms with van der Waals surface area (Å²) in [6, 6.07) is 7.02. The molecule has 0 aliphatic heterocycles. The van der Waals surface area contributed by atoms with Gasteiger partial charge in [-0.15, -0.1) is 0 Å². The molecule has 0 saturated carbocycles. The normalized spacial score (nSPS) is 14.4. The minimum absolute atomic E-state index is 0.0171. The van der Waals surface area contributed by atoms with Gasteiger partial charge < -0.3 is 20.4 Å². The molecule has 0 saturated heterocycles. The van der Waals surface area contributed by atoms with E-state index in [9.17, 15) is 10.2 Å². The molecule has 1 aromatic rings. The molecule has 0 spiro atoms. The second-order valence-electron chi connectivity index (χ2n) is 4.10. The van der Waals surface area contributed by atoms with Crippen molar-refractivity contribution in [3.05, 3.63) is 35.4 Å². The van der Waals surface area contributed by atoms with Gasteiger partial charge in [0.15, 0.2) is 0 Å². The summed E-state index contributed by atoms with van der Waals surface area (Å²) in [6.45, 7) is 0.0827. The van der Waals surface area contributed by atoms with Crippen molar-refractivity contribution in [2.75, 3.05) is 18.1 Å². The minimum Gasteiger partial charge on any atom is -0.396 e. The van der Waals surface area contributed by atoms with Crippen molar-refractivity contribution in [3.63, 3.8) is 0 Å². The van der Waals surface area contributed by atoms with Crippen molar-refractivity contribution in [2.24, 2.45) is 0 Å². The third-order valence-electron chi connectivity index (χ3n) is 2.59. The maximum Gasteiger partial charge on any atom is 0.0815 e. The quantitative estimate of drug-likeness (QED) is 0.524. The van der Waals surface area contributed by atoms with Crippen LogP contribution in [-0.2, 0) is 6.61 Å². The Bertz CT molecular complexity index is 328. The molecular formula is C13H20O4S. The fraction of sp³-hybridized carbons (Fsp3) is 0.538. The van der Waals surface area contributed by atoms with Crippen LogP contribution in [0, 0.1) is 0 Å². The summed E-state index contributed by atoms with van der Waals surface area (Å²) in [5.74, 6) is 1.10. The SMILES string of the molecule is OCCSC[C@@H](O)C[C@@H](O)c1ccc(CO)cc1. The Hall–Kier alpha value is -0.590. The fourth-order valence-corrected chi connectivity index (χ4v) is 2.29. The highest BCUT2D eigenvalue weighted by Gasteiger charge is 2.13. The number of aliphatic hydroxyl groups is 4. The molecule has 1 rings (SSSR count). The Labute approximate surface area is 111 Å². The molecular weight excluding hydrogens is 252 g/mol. The molecule has 2 atom stereocenters. The first-order valence-electron chi connectivity index (χ1n) is 5.91. The largest absolute Gasteiger partial charge is 0.396 e. The van der Waals surface area contributed by atoms with Gasteiger partial charge in [0.25, 0.3) is 0 Å². The van der Waals surface area contributed by atoms with Crippen LogP contribution in [0.25, 0.3) is 0 Å². The zero-order valence-electron chi connectivity index (χ0n) is 10.2. The highest BCUT2D eigenvalue weighted by molar-refractivity contribution is 7.99. The van der Waals surface area contributed by atoms with Crippen molar-refractivity contribution in [1.82, 2.24) is 0 Å². The second-order valence-corrected chi connectivity index (χ2v) is 5.25. The lowest BCUT2D eigenvalue weighted by molar-refractivity contribution is 0.0930. The highest BCUT2D eigenvalue weighted by atomic mass is 32.2. The molecule has 0 radical (unpaired) electrons. The summed E-state index contributed by atoms with van der Waals surface area (Å²) in [4.78, 5) is 0. The average Bonchev–Trinajstić information content (AvgIpc) is 2.39. The number of hydrogen-bond donors (Lipinski definition) is 4. The van der Waals surface area contributed by atoms with Gasteiger partial charge in [-0.05, 0) is 11.1 Å². The lowest BCUT2D eigenvalue weighted by Gasteiger charge is -2.16. The summed E-state index contributed by atoms with van der Waals surface area (Å²) in [6.07, 6.45) is -1.02. The van der Waals surface area contributed by atoms with Crippen molar-refractivity contribution < 1.29 is 20.4 Å². The zero-order valence-corrected chi connectivity index (χ0v) is 11.0. The molecule has 0 bridgehead atoms. The number of aliphatic hydroxyl groups excluding tert-OH is 4. The Balaban J connectivity index is 2.40. The lowest BCUT2D eigenvalue weighted by Crippen LogP contribution is -2.15. The predicted octanol–water partition coefficient (Wildman–Crippen LogP) is 0.689. The number of hydrogen-bond acceptors (Lipinski definition) is 5. The van der Waals surface area contributed by atoms with E-state index in [2.05, 4.69) is 0 Å². The van der Waals surface area contributed by atoms with E-state index in [1.165, 1.54) is 11.8 Å². The van der Waals surface area contributed by atoms with E-state index < -0.39 is 12.2 Å². The van der Waals surface area contributed by atoms with Crippen LogP contribution in [0.3, 0.4) is 0 Å². The standard InChI is InChI=1S/C13H20O4S/c14-5-6-18-9-12(16)7-13(17)11-3-1-10(8-15)2-4-11/h1-4,12-17H,5-9H2/t12-,13+/m0/s1. The second kappa shape index (κ2) is 8.50. The molecule has 0 aliphatic carbocycles. The number of rotatable bonds is 8. The molecule has 0 aromatic heterocycles. The first kappa shape index (κ1) is 15.5. The molecule has 4 N–H and O–H groups in total. The Morgan fingerprint density at radius 2 is 1.72 bits per heavy atom. The summed E-state index contributed by atoms with van der Waals surface area (Å²) in [7, 11) is 0. The van der Waals surface area contributed by atoms with Crippen molar-refractivity contribution in [1.29, 1.82) is 0 Å². The smallest absolute Gasteiger partial charge is 0.0815 e. The van der Waals surface area contributed by atoms with Crippen LogP contribution >= 0.6 is 11.8 Å². The molecule has 0 unspecified atom stereocenters. The Morgan fingerprint density at radius 1 is 1.06 bits per heavy atom. The van der Waals surface area contributed by atoms with Crippen LogP contribution in [0.15, 0.2) is 24.3 Å². The summed E-state index contributed by atoms with van der Waals surface area (Å²) < 4.78 is 0. The molecule has 18 heavy (non-hydrogen) atoms. The molecule has 4 nitrogen and oxygen atoms in total. The molecule has 1 aromatic carbocycles. The van der Waals surface area contributed by atoms with Crippen LogP contribution in [0.2, 0.25) is 0 Å². The first-order chi connectivity index (χ1) is 8.67. The van der Waals surface area contributed by atoms with Gasteiger partial charge in [-0.3, -0.25) is 0 Å². The maximum absolute atomic E-state index is 9.93. The lowest BCUT2D eigenvalue weighted by atomic mass is 10.0. The first-order valence-corrected chi connectivity index (χ1v) is 7.07. The van der Waals surface area contributed by atoms with E-state index >= 15 is 0 Å². The minimum atomic E-state index is -0.706. The van der Waals surface area contributed by atoms with E-state index in [1.807, 2.05) is 0 Å². The highest BCUT2D eigenvalue weighted by Crippen LogP contribution is 2.20. The molecule has 0 amide bonds. The third-order valence-corrected chi connectivity index (χ3v) is 3.68. The van der Waals surface area contributed by atoms with Gasteiger partial charge in [0.1, 0.15) is 0 Å². The van der Waals surface area contributed by atoms with Crippen LogP contribution in [0.1, 0.15) is 23.7 Å². The fourth-order valence-electron chi connectivity index (χ4n) is 1.59. The van der Waals surface area contributed by atoms with Gasteiger partial charge in [0, 0.05) is 17.9 Å². The van der Waals surface area contributed by atoms with E-state index in [-0.39, 0.29) is 19.6 Å². The average molecular weight is 272 g/mol. The van der Waals surface area contributed by atoms with Crippen LogP contribution < -0.4 is 0 Å². The van der Waals surface area contributed by atoms with Crippen molar-refractivity contribution in [3.8, 4) is 0 Å². The summed E-state index contributed by atoms with van der Waals surface area (Å²) >= 11 is 1.46. The van der Waals surface area contributed by atoms with Gasteiger partial charge >= 0.3 is 0 Å². The molecule has 102 valence electrons. The predicted molar refractivity (Wildman–Crippen MR) is 72.4 cm³/mol. The molecule has 5 heteroatoms. The van der Waals surface area contributed by atoms with Gasteiger partial charge in [0.2, 0.25) is 0 Å². The van der Waals surface area contributed by atoms with Gasteiger partial charge in [-0.1, -0.05) is 24.3 Å². The molecule has 0 fully saturated rings.